The molecule has 6 rings (SSSR count). The van der Waals surface area contributed by atoms with Crippen LogP contribution in [0.4, 0.5) is 5.69 Å². The Balaban J connectivity index is 1.46. The van der Waals surface area contributed by atoms with Gasteiger partial charge in [0.15, 0.2) is 0 Å². The molecule has 3 aromatic rings. The molecule has 2 aliphatic heterocycles. The predicted octanol–water partition coefficient (Wildman–Crippen LogP) is 4.41. The normalized spacial score (nSPS) is 27.5. The molecule has 2 amide bonds. The van der Waals surface area contributed by atoms with Crippen LogP contribution >= 0.6 is 11.6 Å². The van der Waals surface area contributed by atoms with Crippen LogP contribution in [0, 0.1) is 30.6 Å². The molecule has 0 bridgehead atoms. The van der Waals surface area contributed by atoms with E-state index in [4.69, 9.17) is 11.6 Å². The van der Waals surface area contributed by atoms with Gasteiger partial charge in [0.2, 0.25) is 21.8 Å². The molecule has 7 nitrogen and oxygen atoms in total. The van der Waals surface area contributed by atoms with Crippen molar-refractivity contribution in [3.63, 3.8) is 0 Å². The molecule has 194 valence electrons. The molecule has 1 aliphatic carbocycles. The first kappa shape index (κ1) is 25.0. The lowest BCUT2D eigenvalue weighted by Crippen LogP contribution is -2.42. The van der Waals surface area contributed by atoms with Crippen molar-refractivity contribution < 1.29 is 22.8 Å². The Morgan fingerprint density at radius 1 is 0.816 bits per heavy atom. The van der Waals surface area contributed by atoms with E-state index in [-0.39, 0.29) is 29.6 Å². The van der Waals surface area contributed by atoms with Crippen molar-refractivity contribution in [2.24, 2.45) is 23.7 Å². The van der Waals surface area contributed by atoms with Crippen LogP contribution < -0.4 is 4.90 Å². The van der Waals surface area contributed by atoms with Crippen molar-refractivity contribution in [3.8, 4) is 0 Å². The number of hydrogen-bond acceptors (Lipinski definition) is 5. The van der Waals surface area contributed by atoms with E-state index in [2.05, 4.69) is 0 Å². The van der Waals surface area contributed by atoms with E-state index in [1.54, 1.807) is 78.9 Å². The van der Waals surface area contributed by atoms with Gasteiger partial charge in [-0.1, -0.05) is 59.6 Å². The zero-order chi connectivity index (χ0) is 26.8. The number of Topliss-reactive ketones (excluding diaryl/α,β-unsaturated/α-hetero) is 1. The Bertz CT molecular complexity index is 1540. The van der Waals surface area contributed by atoms with Gasteiger partial charge < -0.3 is 0 Å². The average molecular weight is 549 g/mol. The lowest BCUT2D eigenvalue weighted by molar-refractivity contribution is -0.136. The number of para-hydroxylation sites is 1. The molecule has 3 fully saturated rings. The van der Waals surface area contributed by atoms with Gasteiger partial charge in [0, 0.05) is 23.9 Å². The van der Waals surface area contributed by atoms with Crippen molar-refractivity contribution in [1.82, 2.24) is 4.31 Å². The fourth-order valence-electron chi connectivity index (χ4n) is 6.36. The number of hydrogen-bond donors (Lipinski definition) is 0. The summed E-state index contributed by atoms with van der Waals surface area (Å²) >= 11 is 6.12. The van der Waals surface area contributed by atoms with Crippen molar-refractivity contribution in [1.29, 1.82) is 0 Å². The second-order valence-electron chi connectivity index (χ2n) is 10.2. The number of anilines is 1. The number of imide groups is 1. The van der Waals surface area contributed by atoms with Gasteiger partial charge in [0.05, 0.1) is 28.5 Å². The summed E-state index contributed by atoms with van der Waals surface area (Å²) in [7, 11) is -4.03. The molecule has 0 radical (unpaired) electrons. The molecular formula is C29H25ClN2O5S. The highest BCUT2D eigenvalue weighted by molar-refractivity contribution is 7.89. The molecule has 3 aromatic carbocycles. The van der Waals surface area contributed by atoms with Crippen molar-refractivity contribution in [3.05, 3.63) is 95.0 Å². The summed E-state index contributed by atoms with van der Waals surface area (Å²) in [6.07, 6.45) is -0.0950. The van der Waals surface area contributed by atoms with E-state index < -0.39 is 45.6 Å². The second kappa shape index (κ2) is 9.15. The first-order chi connectivity index (χ1) is 18.2. The van der Waals surface area contributed by atoms with E-state index in [9.17, 15) is 22.8 Å². The number of carbonyl (C=O) groups is 3. The summed E-state index contributed by atoms with van der Waals surface area (Å²) in [5, 5.41) is 0.487. The number of rotatable bonds is 4. The zero-order valence-corrected chi connectivity index (χ0v) is 22.1. The van der Waals surface area contributed by atoms with Gasteiger partial charge in [-0.15, -0.1) is 0 Å². The molecule has 0 spiro atoms. The number of aryl methyl sites for hydroxylation is 1. The summed E-state index contributed by atoms with van der Waals surface area (Å²) in [5.41, 5.74) is 2.00. The third kappa shape index (κ3) is 3.82. The van der Waals surface area contributed by atoms with Gasteiger partial charge >= 0.3 is 0 Å². The van der Waals surface area contributed by atoms with Crippen LogP contribution in [0.3, 0.4) is 0 Å². The van der Waals surface area contributed by atoms with Crippen LogP contribution in [-0.4, -0.2) is 36.9 Å². The van der Waals surface area contributed by atoms with Gasteiger partial charge in [0.1, 0.15) is 5.78 Å². The minimum atomic E-state index is -4.03. The third-order valence-electron chi connectivity index (χ3n) is 8.09. The quantitative estimate of drug-likeness (QED) is 0.451. The van der Waals surface area contributed by atoms with Crippen LogP contribution in [0.5, 0.6) is 0 Å². The minimum Gasteiger partial charge on any atom is -0.299 e. The Labute approximate surface area is 226 Å². The number of benzene rings is 3. The first-order valence-electron chi connectivity index (χ1n) is 12.5. The maximum atomic E-state index is 14.0. The van der Waals surface area contributed by atoms with Crippen molar-refractivity contribution in [2.45, 2.75) is 24.3 Å². The largest absolute Gasteiger partial charge is 0.299 e. The molecule has 0 N–H and O–H groups in total. The molecule has 5 atom stereocenters. The summed E-state index contributed by atoms with van der Waals surface area (Å²) in [4.78, 5) is 42.1. The number of nitrogens with zero attached hydrogens (tertiary/aromatic N) is 2. The molecule has 0 aromatic heterocycles. The minimum absolute atomic E-state index is 0.0390. The molecule has 2 saturated heterocycles. The Hall–Kier alpha value is -3.33. The number of halogens is 1. The average Bonchev–Trinajstić information content (AvgIpc) is 3.42. The van der Waals surface area contributed by atoms with Crippen molar-refractivity contribution in [2.75, 3.05) is 11.4 Å². The summed E-state index contributed by atoms with van der Waals surface area (Å²) in [6.45, 7) is 1.83. The highest BCUT2D eigenvalue weighted by atomic mass is 35.5. The number of ketones is 1. The van der Waals surface area contributed by atoms with Crippen LogP contribution in [0.15, 0.2) is 83.8 Å². The first-order valence-corrected chi connectivity index (χ1v) is 14.3. The maximum Gasteiger partial charge on any atom is 0.243 e. The Morgan fingerprint density at radius 3 is 2.13 bits per heavy atom. The summed E-state index contributed by atoms with van der Waals surface area (Å²) in [5.74, 6) is -3.95. The smallest absolute Gasteiger partial charge is 0.243 e. The van der Waals surface area contributed by atoms with Gasteiger partial charge in [-0.3, -0.25) is 19.3 Å². The molecule has 9 heteroatoms. The number of amides is 2. The Kier molecular flexibility index (Phi) is 6.01. The van der Waals surface area contributed by atoms with E-state index in [1.165, 1.54) is 9.21 Å². The number of sulfonamides is 1. The summed E-state index contributed by atoms with van der Waals surface area (Å²) < 4.78 is 29.3. The topological polar surface area (TPSA) is 91.8 Å². The van der Waals surface area contributed by atoms with Crippen LogP contribution in [0.2, 0.25) is 5.02 Å². The molecule has 2 heterocycles. The van der Waals surface area contributed by atoms with E-state index in [0.29, 0.717) is 16.3 Å². The molecule has 1 saturated carbocycles. The molecule has 3 aliphatic rings. The van der Waals surface area contributed by atoms with Crippen LogP contribution in [0.25, 0.3) is 0 Å². The molecular weight excluding hydrogens is 524 g/mol. The van der Waals surface area contributed by atoms with Gasteiger partial charge in [0.25, 0.3) is 0 Å². The van der Waals surface area contributed by atoms with Crippen LogP contribution in [-0.2, 0) is 24.4 Å². The standard InChI is InChI=1S/C29H25ClN2O5S/c1-17-7-13-21(14-8-17)38(36,37)31-16-23-25-22(28(34)32(29(25)35)20-5-3-2-4-6-20)15-24(33)26(23)27(31)18-9-11-19(30)12-10-18/h2-14,22-23,25-27H,15-16H2,1H3/t22-,23-,25-,26-,27-/m0/s1. The van der Waals surface area contributed by atoms with E-state index in [1.807, 2.05) is 6.92 Å². The lowest BCUT2D eigenvalue weighted by atomic mass is 9.66. The monoisotopic (exact) mass is 548 g/mol. The summed E-state index contributed by atoms with van der Waals surface area (Å²) in [6, 6.07) is 21.2. The third-order valence-corrected chi connectivity index (χ3v) is 10.2. The van der Waals surface area contributed by atoms with Gasteiger partial charge in [-0.05, 0) is 54.8 Å². The second-order valence-corrected chi connectivity index (χ2v) is 12.6. The predicted molar refractivity (Wildman–Crippen MR) is 142 cm³/mol. The van der Waals surface area contributed by atoms with Gasteiger partial charge in [-0.25, -0.2) is 8.42 Å². The fraction of sp³-hybridized carbons (Fsp3) is 0.276. The van der Waals surface area contributed by atoms with Crippen molar-refractivity contribution >= 4 is 44.9 Å². The van der Waals surface area contributed by atoms with Gasteiger partial charge in [-0.2, -0.15) is 4.31 Å². The molecule has 0 unspecified atom stereocenters. The Morgan fingerprint density at radius 2 is 1.47 bits per heavy atom. The fourth-order valence-corrected chi connectivity index (χ4v) is 8.15. The van der Waals surface area contributed by atoms with E-state index in [0.717, 1.165) is 5.56 Å². The maximum absolute atomic E-state index is 14.0. The van der Waals surface area contributed by atoms with E-state index >= 15 is 0 Å². The number of fused-ring (bicyclic) bond motifs is 3. The highest BCUT2D eigenvalue weighted by Crippen LogP contribution is 2.54. The zero-order valence-electron chi connectivity index (χ0n) is 20.5. The number of carbonyl (C=O) groups excluding carboxylic acids is 3. The SMILES string of the molecule is Cc1ccc(S(=O)(=O)N2C[C@H]3[C@H]4C(=O)N(c5ccccc5)C(=O)[C@H]4CC(=O)[C@H]3[C@@H]2c2ccc(Cl)cc2)cc1. The van der Waals surface area contributed by atoms with Crippen LogP contribution in [0.1, 0.15) is 23.6 Å². The lowest BCUT2D eigenvalue weighted by Gasteiger charge is -2.33. The highest BCUT2D eigenvalue weighted by Gasteiger charge is 2.63. The molecule has 38 heavy (non-hydrogen) atoms.